The molecule has 0 saturated carbocycles. The Bertz CT molecular complexity index is 1060. The fourth-order valence-electron chi connectivity index (χ4n) is 5.75. The lowest BCUT2D eigenvalue weighted by molar-refractivity contribution is -0.173. The van der Waals surface area contributed by atoms with Gasteiger partial charge in [-0.25, -0.2) is 0 Å². The first-order valence-corrected chi connectivity index (χ1v) is 20.1. The molecule has 282 valence electrons. The zero-order valence-electron chi connectivity index (χ0n) is 31.7. The molecule has 6 nitrogen and oxygen atoms in total. The highest BCUT2D eigenvalue weighted by Gasteiger charge is 2.33. The van der Waals surface area contributed by atoms with Crippen molar-refractivity contribution in [2.45, 2.75) is 180 Å². The summed E-state index contributed by atoms with van der Waals surface area (Å²) in [7, 11) is 0. The third kappa shape index (κ3) is 25.9. The highest BCUT2D eigenvalue weighted by atomic mass is 16.6. The number of carbonyl (C=O) groups excluding carboxylic acids is 3. The molecule has 2 unspecified atom stereocenters. The molecule has 0 bridgehead atoms. The van der Waals surface area contributed by atoms with Gasteiger partial charge in [0.1, 0.15) is 0 Å². The Hall–Kier alpha value is -2.99. The van der Waals surface area contributed by atoms with Crippen molar-refractivity contribution in [1.29, 1.82) is 0 Å². The Labute approximate surface area is 305 Å². The average molecular weight is 695 g/mol. The summed E-state index contributed by atoms with van der Waals surface area (Å²) in [5.41, 5.74) is 0.810. The van der Waals surface area contributed by atoms with E-state index < -0.39 is 36.5 Å². The monoisotopic (exact) mass is 695 g/mol. The molecular formula is C44H70O6. The average Bonchev–Trinajstić information content (AvgIpc) is 3.13. The Morgan fingerprint density at radius 3 is 1.46 bits per heavy atom. The van der Waals surface area contributed by atoms with Crippen LogP contribution < -0.4 is 0 Å². The van der Waals surface area contributed by atoms with Gasteiger partial charge in [-0.1, -0.05) is 152 Å². The number of ketones is 1. The number of carbonyl (C=O) groups is 3. The second-order valence-corrected chi connectivity index (χ2v) is 13.5. The van der Waals surface area contributed by atoms with Crippen molar-refractivity contribution in [3.63, 3.8) is 0 Å². The predicted molar refractivity (Wildman–Crippen MR) is 208 cm³/mol. The second-order valence-electron chi connectivity index (χ2n) is 13.5. The van der Waals surface area contributed by atoms with Crippen molar-refractivity contribution < 1.29 is 29.0 Å². The molecule has 1 aromatic carbocycles. The number of hydrogen-bond donors (Lipinski definition) is 1. The summed E-state index contributed by atoms with van der Waals surface area (Å²) in [4.78, 5) is 38.7. The number of unbranched alkanes of at least 4 members (excludes halogenated alkanes) is 18. The van der Waals surface area contributed by atoms with E-state index in [9.17, 15) is 19.5 Å². The third-order valence-electron chi connectivity index (χ3n) is 8.86. The van der Waals surface area contributed by atoms with Crippen LogP contribution in [0.3, 0.4) is 0 Å². The topological polar surface area (TPSA) is 89.9 Å². The van der Waals surface area contributed by atoms with Gasteiger partial charge in [-0.15, -0.1) is 0 Å². The van der Waals surface area contributed by atoms with E-state index in [0.717, 1.165) is 69.8 Å². The van der Waals surface area contributed by atoms with Crippen LogP contribution in [0.5, 0.6) is 0 Å². The van der Waals surface area contributed by atoms with Crippen LogP contribution in [0.4, 0.5) is 0 Å². The largest absolute Gasteiger partial charge is 0.455 e. The zero-order chi connectivity index (χ0) is 36.3. The summed E-state index contributed by atoms with van der Waals surface area (Å²) in [5.74, 6) is -1.55. The van der Waals surface area contributed by atoms with Gasteiger partial charge in [-0.2, -0.15) is 0 Å². The van der Waals surface area contributed by atoms with Gasteiger partial charge in [-0.3, -0.25) is 14.4 Å². The molecule has 6 heteroatoms. The first kappa shape index (κ1) is 45.0. The van der Waals surface area contributed by atoms with Crippen LogP contribution in [-0.2, 0) is 23.9 Å². The van der Waals surface area contributed by atoms with Crippen LogP contribution in [-0.4, -0.2) is 41.6 Å². The van der Waals surface area contributed by atoms with Crippen LogP contribution in [0.15, 0.2) is 60.7 Å². The Balaban J connectivity index is 2.47. The number of ether oxygens (including phenoxy) is 2. The van der Waals surface area contributed by atoms with Crippen LogP contribution in [0.1, 0.15) is 174 Å². The van der Waals surface area contributed by atoms with Gasteiger partial charge in [0.25, 0.3) is 0 Å². The Morgan fingerprint density at radius 1 is 0.580 bits per heavy atom. The van der Waals surface area contributed by atoms with Crippen LogP contribution in [0, 0.1) is 0 Å². The molecule has 2 atom stereocenters. The van der Waals surface area contributed by atoms with Gasteiger partial charge in [0.15, 0.2) is 11.9 Å². The molecule has 0 amide bonds. The van der Waals surface area contributed by atoms with Crippen molar-refractivity contribution in [2.24, 2.45) is 0 Å². The minimum atomic E-state index is -1.40. The van der Waals surface area contributed by atoms with E-state index in [1.807, 2.05) is 30.3 Å². The highest BCUT2D eigenvalue weighted by Crippen LogP contribution is 2.16. The van der Waals surface area contributed by atoms with Gasteiger partial charge in [0.05, 0.1) is 6.61 Å². The van der Waals surface area contributed by atoms with Gasteiger partial charge in [0.2, 0.25) is 6.10 Å². The number of allylic oxidation sites excluding steroid dienone is 4. The zero-order valence-corrected chi connectivity index (χ0v) is 31.7. The SMILES string of the molecule is CCCCCC/C=C\CCCCCCCC(=O)OC(CO)C(OC(=O)CCCCCCC/C=C\CCCCCC)C(=O)C=Cc1ccccc1. The van der Waals surface area contributed by atoms with Crippen LogP contribution >= 0.6 is 0 Å². The van der Waals surface area contributed by atoms with Gasteiger partial charge in [-0.05, 0) is 75.8 Å². The first-order valence-electron chi connectivity index (χ1n) is 20.1. The quantitative estimate of drug-likeness (QED) is 0.0341. The number of esters is 2. The predicted octanol–water partition coefficient (Wildman–Crippen LogP) is 11.6. The van der Waals surface area contributed by atoms with Crippen LogP contribution in [0.2, 0.25) is 0 Å². The van der Waals surface area contributed by atoms with E-state index in [1.165, 1.54) is 70.3 Å². The second kappa shape index (κ2) is 33.2. The minimum Gasteiger partial charge on any atom is -0.455 e. The fourth-order valence-corrected chi connectivity index (χ4v) is 5.75. The number of aliphatic hydroxyl groups is 1. The molecule has 50 heavy (non-hydrogen) atoms. The minimum absolute atomic E-state index is 0.171. The van der Waals surface area contributed by atoms with Crippen molar-refractivity contribution in [3.8, 4) is 0 Å². The lowest BCUT2D eigenvalue weighted by Gasteiger charge is -2.24. The first-order chi connectivity index (χ1) is 24.5. The summed E-state index contributed by atoms with van der Waals surface area (Å²) in [5, 5.41) is 10.1. The summed E-state index contributed by atoms with van der Waals surface area (Å²) in [6.45, 7) is 3.84. The molecule has 0 radical (unpaired) electrons. The number of hydrogen-bond acceptors (Lipinski definition) is 6. The number of benzene rings is 1. The molecule has 0 saturated heterocycles. The van der Waals surface area contributed by atoms with Gasteiger partial charge in [0, 0.05) is 12.8 Å². The van der Waals surface area contributed by atoms with Crippen LogP contribution in [0.25, 0.3) is 6.08 Å². The number of rotatable bonds is 33. The molecule has 1 rings (SSSR count). The summed E-state index contributed by atoms with van der Waals surface area (Å²) < 4.78 is 11.1. The molecule has 0 aliphatic carbocycles. The molecule has 0 aromatic heterocycles. The van der Waals surface area contributed by atoms with Gasteiger partial charge >= 0.3 is 11.9 Å². The van der Waals surface area contributed by atoms with E-state index in [1.54, 1.807) is 6.08 Å². The molecule has 0 aliphatic rings. The summed E-state index contributed by atoms with van der Waals surface area (Å²) >= 11 is 0. The normalized spacial score (nSPS) is 12.9. The highest BCUT2D eigenvalue weighted by molar-refractivity contribution is 5.98. The van der Waals surface area contributed by atoms with E-state index in [0.29, 0.717) is 12.8 Å². The Morgan fingerprint density at radius 2 is 1.00 bits per heavy atom. The van der Waals surface area contributed by atoms with Crippen molar-refractivity contribution in [3.05, 3.63) is 66.3 Å². The van der Waals surface area contributed by atoms with E-state index in [4.69, 9.17) is 9.47 Å². The van der Waals surface area contributed by atoms with Crippen molar-refractivity contribution >= 4 is 23.8 Å². The molecule has 0 spiro atoms. The van der Waals surface area contributed by atoms with Crippen molar-refractivity contribution in [2.75, 3.05) is 6.61 Å². The van der Waals surface area contributed by atoms with E-state index in [-0.39, 0.29) is 12.8 Å². The molecule has 0 fully saturated rings. The lowest BCUT2D eigenvalue weighted by Crippen LogP contribution is -2.42. The maximum Gasteiger partial charge on any atom is 0.306 e. The molecule has 1 aromatic rings. The van der Waals surface area contributed by atoms with E-state index >= 15 is 0 Å². The summed E-state index contributed by atoms with van der Waals surface area (Å²) in [6, 6.07) is 9.31. The standard InChI is InChI=1S/C44H70O6/c1-3-5-7-9-11-13-15-17-19-21-23-25-30-34-42(47)49-41(38-45)44(40(46)37-36-39-32-28-27-29-33-39)50-43(48)35-31-26-24-22-20-18-16-14-12-10-8-6-4-2/h13-16,27-29,32-33,36-37,41,44-45H,3-12,17-26,30-31,34-35,38H2,1-2H3/b15-13-,16-14-,37-36?. The molecular weight excluding hydrogens is 624 g/mol. The fraction of sp³-hybridized carbons (Fsp3) is 0.659. The third-order valence-corrected chi connectivity index (χ3v) is 8.86. The smallest absolute Gasteiger partial charge is 0.306 e. The Kier molecular flexibility index (Phi) is 29.9. The molecule has 0 aliphatic heterocycles. The maximum atomic E-state index is 13.2. The van der Waals surface area contributed by atoms with E-state index in [2.05, 4.69) is 38.2 Å². The maximum absolute atomic E-state index is 13.2. The number of aliphatic hydroxyl groups excluding tert-OH is 1. The van der Waals surface area contributed by atoms with Gasteiger partial charge < -0.3 is 14.6 Å². The lowest BCUT2D eigenvalue weighted by atomic mass is 10.1. The van der Waals surface area contributed by atoms with Crippen molar-refractivity contribution in [1.82, 2.24) is 0 Å². The summed E-state index contributed by atoms with van der Waals surface area (Å²) in [6.07, 6.45) is 34.4. The molecule has 0 heterocycles. The molecule has 1 N–H and O–H groups in total.